The van der Waals surface area contributed by atoms with Crippen molar-refractivity contribution in [1.82, 2.24) is 10.3 Å². The van der Waals surface area contributed by atoms with Gasteiger partial charge in [-0.1, -0.05) is 13.8 Å². The van der Waals surface area contributed by atoms with Crippen molar-refractivity contribution in [3.05, 3.63) is 10.6 Å². The monoisotopic (exact) mass is 283 g/mol. The minimum absolute atomic E-state index is 0.604. The van der Waals surface area contributed by atoms with Crippen molar-refractivity contribution < 1.29 is 4.74 Å². The molecule has 0 aromatic carbocycles. The molecule has 108 valence electrons. The van der Waals surface area contributed by atoms with Crippen LogP contribution >= 0.6 is 11.3 Å². The first-order valence-electron chi connectivity index (χ1n) is 7.02. The SMILES string of the molecule is CNCc1sc(N2CCC(C)C(C)C2)nc1COC. The zero-order chi connectivity index (χ0) is 13.8. The Morgan fingerprint density at radius 1 is 1.42 bits per heavy atom. The summed E-state index contributed by atoms with van der Waals surface area (Å²) in [6, 6.07) is 0. The quantitative estimate of drug-likeness (QED) is 0.901. The molecule has 19 heavy (non-hydrogen) atoms. The van der Waals surface area contributed by atoms with Crippen LogP contribution in [0.2, 0.25) is 0 Å². The highest BCUT2D eigenvalue weighted by Crippen LogP contribution is 2.32. The maximum Gasteiger partial charge on any atom is 0.185 e. The van der Waals surface area contributed by atoms with Crippen molar-refractivity contribution in [2.45, 2.75) is 33.4 Å². The molecule has 0 spiro atoms. The lowest BCUT2D eigenvalue weighted by Gasteiger charge is -2.35. The van der Waals surface area contributed by atoms with Crippen molar-refractivity contribution in [3.63, 3.8) is 0 Å². The number of thiazole rings is 1. The van der Waals surface area contributed by atoms with Gasteiger partial charge in [0.2, 0.25) is 0 Å². The molecular formula is C14H25N3OS. The Morgan fingerprint density at radius 2 is 2.21 bits per heavy atom. The summed E-state index contributed by atoms with van der Waals surface area (Å²) in [5.74, 6) is 1.57. The van der Waals surface area contributed by atoms with E-state index in [1.165, 1.54) is 11.3 Å². The van der Waals surface area contributed by atoms with E-state index in [0.717, 1.165) is 42.3 Å². The molecule has 1 N–H and O–H groups in total. The summed E-state index contributed by atoms with van der Waals surface area (Å²) in [5, 5.41) is 4.37. The molecule has 2 atom stereocenters. The number of rotatable bonds is 5. The van der Waals surface area contributed by atoms with Crippen molar-refractivity contribution in [3.8, 4) is 0 Å². The Hall–Kier alpha value is -0.650. The van der Waals surface area contributed by atoms with E-state index in [2.05, 4.69) is 24.1 Å². The van der Waals surface area contributed by atoms with E-state index in [0.29, 0.717) is 6.61 Å². The normalized spacial score (nSPS) is 23.9. The summed E-state index contributed by atoms with van der Waals surface area (Å²) < 4.78 is 5.25. The maximum absolute atomic E-state index is 5.25. The fourth-order valence-electron chi connectivity index (χ4n) is 2.49. The van der Waals surface area contributed by atoms with E-state index in [4.69, 9.17) is 9.72 Å². The van der Waals surface area contributed by atoms with Crippen molar-refractivity contribution in [2.75, 3.05) is 32.1 Å². The second kappa shape index (κ2) is 6.68. The van der Waals surface area contributed by atoms with Gasteiger partial charge >= 0.3 is 0 Å². The van der Waals surface area contributed by atoms with Crippen molar-refractivity contribution in [2.24, 2.45) is 11.8 Å². The number of ether oxygens (including phenoxy) is 1. The summed E-state index contributed by atoms with van der Waals surface area (Å²) in [5.41, 5.74) is 1.09. The van der Waals surface area contributed by atoms with Gasteiger partial charge in [0.15, 0.2) is 5.13 Å². The second-order valence-electron chi connectivity index (χ2n) is 5.52. The highest BCUT2D eigenvalue weighted by atomic mass is 32.1. The largest absolute Gasteiger partial charge is 0.378 e. The standard InChI is InChI=1S/C14H25N3OS/c1-10-5-6-17(8-11(10)2)14-16-12(9-18-4)13(19-14)7-15-3/h10-11,15H,5-9H2,1-4H3. The molecule has 0 radical (unpaired) electrons. The molecule has 0 amide bonds. The van der Waals surface area contributed by atoms with Crippen LogP contribution in [-0.4, -0.2) is 32.2 Å². The number of anilines is 1. The molecule has 2 heterocycles. The predicted octanol–water partition coefficient (Wildman–Crippen LogP) is 2.49. The first-order chi connectivity index (χ1) is 9.15. The summed E-state index contributed by atoms with van der Waals surface area (Å²) in [7, 11) is 3.70. The molecule has 0 bridgehead atoms. The Bertz CT molecular complexity index is 384. The fourth-order valence-corrected chi connectivity index (χ4v) is 3.60. The van der Waals surface area contributed by atoms with Gasteiger partial charge < -0.3 is 15.0 Å². The van der Waals surface area contributed by atoms with E-state index in [-0.39, 0.29) is 0 Å². The highest BCUT2D eigenvalue weighted by molar-refractivity contribution is 7.15. The number of hydrogen-bond acceptors (Lipinski definition) is 5. The van der Waals surface area contributed by atoms with Gasteiger partial charge in [-0.2, -0.15) is 0 Å². The number of aromatic nitrogens is 1. The molecule has 1 fully saturated rings. The van der Waals surface area contributed by atoms with Gasteiger partial charge in [0.05, 0.1) is 12.3 Å². The van der Waals surface area contributed by atoms with E-state index in [1.54, 1.807) is 18.4 Å². The molecule has 0 saturated carbocycles. The van der Waals surface area contributed by atoms with Crippen LogP contribution in [-0.2, 0) is 17.9 Å². The van der Waals surface area contributed by atoms with E-state index in [1.807, 2.05) is 7.05 Å². The predicted molar refractivity (Wildman–Crippen MR) is 80.7 cm³/mol. The molecule has 2 unspecified atom stereocenters. The van der Waals surface area contributed by atoms with Crippen molar-refractivity contribution in [1.29, 1.82) is 0 Å². The van der Waals surface area contributed by atoms with Crippen LogP contribution < -0.4 is 10.2 Å². The third-order valence-corrected chi connectivity index (χ3v) is 5.15. The van der Waals surface area contributed by atoms with Crippen LogP contribution in [0.15, 0.2) is 0 Å². The van der Waals surface area contributed by atoms with Gasteiger partial charge in [-0.05, 0) is 25.3 Å². The summed E-state index contributed by atoms with van der Waals surface area (Å²) in [6.07, 6.45) is 1.27. The van der Waals surface area contributed by atoms with E-state index in [9.17, 15) is 0 Å². The zero-order valence-electron chi connectivity index (χ0n) is 12.4. The lowest BCUT2D eigenvalue weighted by molar-refractivity contribution is 0.181. The Labute approximate surface area is 120 Å². The minimum atomic E-state index is 0.604. The molecule has 0 aliphatic carbocycles. The van der Waals surface area contributed by atoms with Gasteiger partial charge in [-0.25, -0.2) is 4.98 Å². The molecular weight excluding hydrogens is 258 g/mol. The molecule has 1 aromatic rings. The summed E-state index contributed by atoms with van der Waals surface area (Å²) in [6.45, 7) is 8.43. The molecule has 1 aliphatic heterocycles. The number of hydrogen-bond donors (Lipinski definition) is 1. The number of piperidine rings is 1. The first kappa shape index (κ1) is 14.8. The topological polar surface area (TPSA) is 37.4 Å². The molecule has 5 heteroatoms. The van der Waals surface area contributed by atoms with E-state index >= 15 is 0 Å². The lowest BCUT2D eigenvalue weighted by atomic mass is 9.89. The van der Waals surface area contributed by atoms with Crippen LogP contribution in [0.3, 0.4) is 0 Å². The average molecular weight is 283 g/mol. The second-order valence-corrected chi connectivity index (χ2v) is 6.58. The zero-order valence-corrected chi connectivity index (χ0v) is 13.2. The third kappa shape index (κ3) is 3.46. The Kier molecular flexibility index (Phi) is 5.19. The minimum Gasteiger partial charge on any atom is -0.378 e. The molecule has 1 aromatic heterocycles. The van der Waals surface area contributed by atoms with Crippen molar-refractivity contribution >= 4 is 16.5 Å². The fraction of sp³-hybridized carbons (Fsp3) is 0.786. The number of nitrogens with zero attached hydrogens (tertiary/aromatic N) is 2. The lowest BCUT2D eigenvalue weighted by Crippen LogP contribution is -2.38. The van der Waals surface area contributed by atoms with Gasteiger partial charge in [0, 0.05) is 31.6 Å². The highest BCUT2D eigenvalue weighted by Gasteiger charge is 2.25. The average Bonchev–Trinajstić information content (AvgIpc) is 2.77. The Balaban J connectivity index is 2.13. The van der Waals surface area contributed by atoms with Crippen LogP contribution in [0.4, 0.5) is 5.13 Å². The molecule has 4 nitrogen and oxygen atoms in total. The molecule has 2 rings (SSSR count). The van der Waals surface area contributed by atoms with Gasteiger partial charge in [-0.3, -0.25) is 0 Å². The first-order valence-corrected chi connectivity index (χ1v) is 7.84. The summed E-state index contributed by atoms with van der Waals surface area (Å²) in [4.78, 5) is 8.52. The number of methoxy groups -OCH3 is 1. The van der Waals surface area contributed by atoms with Gasteiger partial charge in [0.25, 0.3) is 0 Å². The van der Waals surface area contributed by atoms with E-state index < -0.39 is 0 Å². The van der Waals surface area contributed by atoms with Crippen LogP contribution in [0.1, 0.15) is 30.8 Å². The summed E-state index contributed by atoms with van der Waals surface area (Å²) >= 11 is 1.81. The van der Waals surface area contributed by atoms with Crippen LogP contribution in [0.5, 0.6) is 0 Å². The number of nitrogens with one attached hydrogen (secondary N) is 1. The van der Waals surface area contributed by atoms with Crippen LogP contribution in [0, 0.1) is 11.8 Å². The van der Waals surface area contributed by atoms with Gasteiger partial charge in [-0.15, -0.1) is 11.3 Å². The molecule has 1 saturated heterocycles. The molecule has 1 aliphatic rings. The Morgan fingerprint density at radius 3 is 2.84 bits per heavy atom. The van der Waals surface area contributed by atoms with Gasteiger partial charge in [0.1, 0.15) is 0 Å². The third-order valence-electron chi connectivity index (χ3n) is 3.99. The maximum atomic E-state index is 5.25. The smallest absolute Gasteiger partial charge is 0.185 e. The van der Waals surface area contributed by atoms with Crippen LogP contribution in [0.25, 0.3) is 0 Å².